The Bertz CT molecular complexity index is 803. The fourth-order valence-electron chi connectivity index (χ4n) is 2.51. The number of pyridine rings is 1. The molecular formula is C19H17NO. The largest absolute Gasteiger partial charge is 0.287 e. The summed E-state index contributed by atoms with van der Waals surface area (Å²) >= 11 is 0. The zero-order valence-corrected chi connectivity index (χ0v) is 12.3. The summed E-state index contributed by atoms with van der Waals surface area (Å²) in [6, 6.07) is 17.5. The molecule has 0 unspecified atom stereocenters. The summed E-state index contributed by atoms with van der Waals surface area (Å²) in [6.45, 7) is 4.12. The summed E-state index contributed by atoms with van der Waals surface area (Å²) in [5.74, 6) is -0.0218. The molecule has 0 saturated carbocycles. The fourth-order valence-corrected chi connectivity index (χ4v) is 2.51. The number of nitrogens with zero attached hydrogens (tertiary/aromatic N) is 1. The zero-order chi connectivity index (χ0) is 14.8. The molecule has 2 nitrogen and oxygen atoms in total. The molecule has 0 bridgehead atoms. The van der Waals surface area contributed by atoms with Gasteiger partial charge in [-0.1, -0.05) is 49.4 Å². The van der Waals surface area contributed by atoms with Crippen LogP contribution in [0, 0.1) is 6.92 Å². The molecule has 0 N–H and O–H groups in total. The van der Waals surface area contributed by atoms with Gasteiger partial charge in [0.05, 0.1) is 5.52 Å². The van der Waals surface area contributed by atoms with Gasteiger partial charge in [0.15, 0.2) is 0 Å². The molecule has 21 heavy (non-hydrogen) atoms. The number of aryl methyl sites for hydroxylation is 2. The zero-order valence-electron chi connectivity index (χ0n) is 12.3. The van der Waals surface area contributed by atoms with Gasteiger partial charge in [0.25, 0.3) is 0 Å². The van der Waals surface area contributed by atoms with Crippen molar-refractivity contribution in [3.05, 3.63) is 77.0 Å². The maximum Gasteiger partial charge on any atom is 0.211 e. The molecule has 0 aliphatic rings. The smallest absolute Gasteiger partial charge is 0.211 e. The monoisotopic (exact) mass is 275 g/mol. The first kappa shape index (κ1) is 13.5. The SMILES string of the molecule is CCc1ccc(C(=O)c2cc(C)c3ccccc3n2)cc1. The molecule has 3 aromatic rings. The third-order valence-electron chi connectivity index (χ3n) is 3.78. The number of para-hydroxylation sites is 1. The van der Waals surface area contributed by atoms with Crippen molar-refractivity contribution in [2.24, 2.45) is 0 Å². The van der Waals surface area contributed by atoms with Gasteiger partial charge >= 0.3 is 0 Å². The van der Waals surface area contributed by atoms with Crippen LogP contribution in [0.25, 0.3) is 10.9 Å². The molecule has 1 aromatic heterocycles. The Morgan fingerprint density at radius 2 is 1.76 bits per heavy atom. The Kier molecular flexibility index (Phi) is 3.53. The van der Waals surface area contributed by atoms with Crippen LogP contribution in [0.15, 0.2) is 54.6 Å². The molecule has 2 aromatic carbocycles. The summed E-state index contributed by atoms with van der Waals surface area (Å²) in [5, 5.41) is 1.09. The molecule has 104 valence electrons. The van der Waals surface area contributed by atoms with Crippen LogP contribution in [0.4, 0.5) is 0 Å². The van der Waals surface area contributed by atoms with E-state index in [4.69, 9.17) is 0 Å². The maximum atomic E-state index is 12.6. The number of carbonyl (C=O) groups is 1. The second-order valence-corrected chi connectivity index (χ2v) is 5.22. The Balaban J connectivity index is 2.04. The van der Waals surface area contributed by atoms with Gasteiger partial charge in [-0.25, -0.2) is 4.98 Å². The van der Waals surface area contributed by atoms with E-state index in [0.29, 0.717) is 11.3 Å². The Hall–Kier alpha value is -2.48. The summed E-state index contributed by atoms with van der Waals surface area (Å²) < 4.78 is 0. The minimum absolute atomic E-state index is 0.0218. The van der Waals surface area contributed by atoms with Gasteiger partial charge in [-0.3, -0.25) is 4.79 Å². The summed E-state index contributed by atoms with van der Waals surface area (Å²) in [6.07, 6.45) is 0.974. The van der Waals surface area contributed by atoms with Gasteiger partial charge in [-0.2, -0.15) is 0 Å². The van der Waals surface area contributed by atoms with Gasteiger partial charge in [0.1, 0.15) is 5.69 Å². The first-order valence-electron chi connectivity index (χ1n) is 7.19. The average molecular weight is 275 g/mol. The van der Waals surface area contributed by atoms with E-state index >= 15 is 0 Å². The molecule has 1 heterocycles. The number of hydrogen-bond acceptors (Lipinski definition) is 2. The highest BCUT2D eigenvalue weighted by atomic mass is 16.1. The molecule has 2 heteroatoms. The number of rotatable bonds is 3. The summed E-state index contributed by atoms with van der Waals surface area (Å²) in [4.78, 5) is 17.1. The number of aromatic nitrogens is 1. The number of hydrogen-bond donors (Lipinski definition) is 0. The molecule has 0 aliphatic carbocycles. The molecule has 0 spiro atoms. The number of carbonyl (C=O) groups excluding carboxylic acids is 1. The van der Waals surface area contributed by atoms with Crippen LogP contribution in [0.2, 0.25) is 0 Å². The van der Waals surface area contributed by atoms with Crippen molar-refractivity contribution in [2.45, 2.75) is 20.3 Å². The second kappa shape index (κ2) is 5.49. The van der Waals surface area contributed by atoms with Gasteiger partial charge < -0.3 is 0 Å². The molecule has 0 radical (unpaired) electrons. The standard InChI is InChI=1S/C19H17NO/c1-3-14-8-10-15(11-9-14)19(21)18-12-13(2)16-6-4-5-7-17(16)20-18/h4-12H,3H2,1-2H3. The quantitative estimate of drug-likeness (QED) is 0.666. The van der Waals surface area contributed by atoms with Crippen molar-refractivity contribution in [2.75, 3.05) is 0 Å². The lowest BCUT2D eigenvalue weighted by molar-refractivity contribution is 0.103. The third kappa shape index (κ3) is 2.57. The van der Waals surface area contributed by atoms with Gasteiger partial charge in [0, 0.05) is 10.9 Å². The maximum absolute atomic E-state index is 12.6. The van der Waals surface area contributed by atoms with E-state index in [1.54, 1.807) is 0 Å². The van der Waals surface area contributed by atoms with E-state index in [2.05, 4.69) is 11.9 Å². The fraction of sp³-hybridized carbons (Fsp3) is 0.158. The van der Waals surface area contributed by atoms with Crippen molar-refractivity contribution in [3.63, 3.8) is 0 Å². The lowest BCUT2D eigenvalue weighted by Gasteiger charge is -2.06. The molecule has 0 amide bonds. The number of ketones is 1. The highest BCUT2D eigenvalue weighted by Crippen LogP contribution is 2.19. The lowest BCUT2D eigenvalue weighted by Crippen LogP contribution is -2.05. The molecule has 0 saturated heterocycles. The minimum Gasteiger partial charge on any atom is -0.287 e. The van der Waals surface area contributed by atoms with E-state index in [-0.39, 0.29) is 5.78 Å². The molecule has 0 atom stereocenters. The predicted molar refractivity (Wildman–Crippen MR) is 85.7 cm³/mol. The summed E-state index contributed by atoms with van der Waals surface area (Å²) in [7, 11) is 0. The second-order valence-electron chi connectivity index (χ2n) is 5.22. The van der Waals surface area contributed by atoms with Crippen LogP contribution in [0.5, 0.6) is 0 Å². The highest BCUT2D eigenvalue weighted by Gasteiger charge is 2.12. The Morgan fingerprint density at radius 1 is 1.05 bits per heavy atom. The molecule has 0 aliphatic heterocycles. The topological polar surface area (TPSA) is 30.0 Å². The molecule has 0 fully saturated rings. The summed E-state index contributed by atoms with van der Waals surface area (Å²) in [5.41, 5.74) is 4.37. The average Bonchev–Trinajstić information content (AvgIpc) is 2.54. The van der Waals surface area contributed by atoms with Crippen molar-refractivity contribution < 1.29 is 4.79 Å². The van der Waals surface area contributed by atoms with E-state index in [1.165, 1.54) is 5.56 Å². The van der Waals surface area contributed by atoms with Gasteiger partial charge in [-0.05, 0) is 36.6 Å². The first-order valence-corrected chi connectivity index (χ1v) is 7.19. The van der Waals surface area contributed by atoms with Crippen LogP contribution in [-0.4, -0.2) is 10.8 Å². The van der Waals surface area contributed by atoms with Crippen LogP contribution in [0.1, 0.15) is 34.1 Å². The number of fused-ring (bicyclic) bond motifs is 1. The van der Waals surface area contributed by atoms with Crippen molar-refractivity contribution in [1.82, 2.24) is 4.98 Å². The third-order valence-corrected chi connectivity index (χ3v) is 3.78. The van der Waals surface area contributed by atoms with Crippen LogP contribution >= 0.6 is 0 Å². The van der Waals surface area contributed by atoms with Crippen molar-refractivity contribution in [1.29, 1.82) is 0 Å². The highest BCUT2D eigenvalue weighted by molar-refractivity contribution is 6.08. The first-order chi connectivity index (χ1) is 10.2. The minimum atomic E-state index is -0.0218. The van der Waals surface area contributed by atoms with Gasteiger partial charge in [-0.15, -0.1) is 0 Å². The molecular weight excluding hydrogens is 258 g/mol. The van der Waals surface area contributed by atoms with E-state index < -0.39 is 0 Å². The Morgan fingerprint density at radius 3 is 2.48 bits per heavy atom. The van der Waals surface area contributed by atoms with Crippen molar-refractivity contribution >= 4 is 16.7 Å². The lowest BCUT2D eigenvalue weighted by atomic mass is 10.0. The van der Waals surface area contributed by atoms with Crippen LogP contribution in [0.3, 0.4) is 0 Å². The predicted octanol–water partition coefficient (Wildman–Crippen LogP) is 4.34. The van der Waals surface area contributed by atoms with Crippen LogP contribution < -0.4 is 0 Å². The van der Waals surface area contributed by atoms with E-state index in [9.17, 15) is 4.79 Å². The van der Waals surface area contributed by atoms with Crippen LogP contribution in [-0.2, 0) is 6.42 Å². The normalized spacial score (nSPS) is 10.8. The van der Waals surface area contributed by atoms with Crippen molar-refractivity contribution in [3.8, 4) is 0 Å². The number of benzene rings is 2. The van der Waals surface area contributed by atoms with E-state index in [1.807, 2.05) is 61.5 Å². The Labute approximate surface area is 124 Å². The van der Waals surface area contributed by atoms with E-state index in [0.717, 1.165) is 22.9 Å². The van der Waals surface area contributed by atoms with Gasteiger partial charge in [0.2, 0.25) is 5.78 Å². The molecule has 3 rings (SSSR count).